The van der Waals surface area contributed by atoms with Gasteiger partial charge in [-0.05, 0) is 32.1 Å². The van der Waals surface area contributed by atoms with Crippen molar-refractivity contribution >= 4 is 11.8 Å². The Labute approximate surface area is 163 Å². The molecule has 0 amide bonds. The fourth-order valence-corrected chi connectivity index (χ4v) is 3.17. The molecule has 0 bridgehead atoms. The van der Waals surface area contributed by atoms with Crippen molar-refractivity contribution < 1.29 is 14.7 Å². The first-order valence-electron chi connectivity index (χ1n) is 10.6. The number of carboxylic acid groups (broad SMARTS) is 1. The number of carbonyl (C=O) groups excluding carboxylic acids is 1. The molecular formula is C22H36N2O3. The molecule has 0 aliphatic rings. The molecule has 0 saturated heterocycles. The average Bonchev–Trinajstić information content (AvgIpc) is 3.19. The molecule has 27 heavy (non-hydrogen) atoms. The maximum absolute atomic E-state index is 12.1. The van der Waals surface area contributed by atoms with E-state index in [1.54, 1.807) is 0 Å². The summed E-state index contributed by atoms with van der Waals surface area (Å²) >= 11 is 0. The summed E-state index contributed by atoms with van der Waals surface area (Å²) in [5, 5.41) is 9.27. The molecule has 0 aromatic carbocycles. The van der Waals surface area contributed by atoms with Crippen LogP contribution in [0.25, 0.3) is 0 Å². The maximum Gasteiger partial charge on any atom is 0.314 e. The van der Waals surface area contributed by atoms with Crippen LogP contribution in [-0.2, 0) is 4.79 Å². The van der Waals surface area contributed by atoms with Crippen molar-refractivity contribution in [3.05, 3.63) is 30.4 Å². The Hall–Kier alpha value is -1.91. The standard InChI is InChI=1S/C22H36N2O3/c1-2-3-4-5-6-7-8-9-10-11-12-13-14-15-16-19(22(26)27)20(25)21-23-17-18-24-21/h9-10,17-19H,2-8,11-16H2,1H3,(H,23,24)(H,26,27)/b10-9-. The Bertz CT molecular complexity index is 538. The Morgan fingerprint density at radius 2 is 1.59 bits per heavy atom. The van der Waals surface area contributed by atoms with Crippen LogP contribution in [0.3, 0.4) is 0 Å². The zero-order chi connectivity index (χ0) is 19.7. The number of allylic oxidation sites excluding steroid dienone is 2. The third kappa shape index (κ3) is 10.7. The molecule has 0 radical (unpaired) electrons. The summed E-state index contributed by atoms with van der Waals surface area (Å²) in [5.74, 6) is -2.34. The van der Waals surface area contributed by atoms with Gasteiger partial charge in [0.15, 0.2) is 5.82 Å². The van der Waals surface area contributed by atoms with Gasteiger partial charge in [-0.1, -0.05) is 70.4 Å². The van der Waals surface area contributed by atoms with Crippen molar-refractivity contribution in [1.82, 2.24) is 9.97 Å². The van der Waals surface area contributed by atoms with Crippen molar-refractivity contribution in [2.45, 2.75) is 90.4 Å². The highest BCUT2D eigenvalue weighted by atomic mass is 16.4. The number of aliphatic carboxylic acids is 1. The summed E-state index contributed by atoms with van der Waals surface area (Å²) in [6.07, 6.45) is 22.1. The number of Topliss-reactive ketones (excluding diaryl/α,β-unsaturated/α-hetero) is 1. The van der Waals surface area contributed by atoms with E-state index < -0.39 is 17.7 Å². The van der Waals surface area contributed by atoms with Gasteiger partial charge in [-0.2, -0.15) is 0 Å². The van der Waals surface area contributed by atoms with E-state index in [2.05, 4.69) is 29.0 Å². The van der Waals surface area contributed by atoms with Crippen LogP contribution in [0.5, 0.6) is 0 Å². The molecule has 152 valence electrons. The number of nitrogens with one attached hydrogen (secondary N) is 1. The summed E-state index contributed by atoms with van der Waals surface area (Å²) in [6, 6.07) is 0. The van der Waals surface area contributed by atoms with E-state index in [-0.39, 0.29) is 5.82 Å². The molecule has 1 aromatic heterocycles. The van der Waals surface area contributed by atoms with Gasteiger partial charge >= 0.3 is 5.97 Å². The number of hydrogen-bond donors (Lipinski definition) is 2. The van der Waals surface area contributed by atoms with Gasteiger partial charge in [-0.25, -0.2) is 4.98 Å². The molecule has 0 aliphatic carbocycles. The lowest BCUT2D eigenvalue weighted by Gasteiger charge is -2.09. The van der Waals surface area contributed by atoms with E-state index >= 15 is 0 Å². The summed E-state index contributed by atoms with van der Waals surface area (Å²) < 4.78 is 0. The van der Waals surface area contributed by atoms with Crippen molar-refractivity contribution in [2.75, 3.05) is 0 Å². The number of unbranched alkanes of at least 4 members (excludes halogenated alkanes) is 10. The molecule has 1 unspecified atom stereocenters. The van der Waals surface area contributed by atoms with E-state index in [0.717, 1.165) is 32.1 Å². The predicted molar refractivity (Wildman–Crippen MR) is 109 cm³/mol. The van der Waals surface area contributed by atoms with Gasteiger partial charge in [0.2, 0.25) is 5.78 Å². The summed E-state index contributed by atoms with van der Waals surface area (Å²) in [6.45, 7) is 2.24. The van der Waals surface area contributed by atoms with E-state index in [9.17, 15) is 14.7 Å². The number of carboxylic acids is 1. The highest BCUT2D eigenvalue weighted by Crippen LogP contribution is 2.16. The van der Waals surface area contributed by atoms with Crippen molar-refractivity contribution in [3.8, 4) is 0 Å². The van der Waals surface area contributed by atoms with Crippen LogP contribution in [0.4, 0.5) is 0 Å². The number of rotatable bonds is 17. The molecule has 1 rings (SSSR count). The molecular weight excluding hydrogens is 340 g/mol. The topological polar surface area (TPSA) is 83.0 Å². The van der Waals surface area contributed by atoms with Gasteiger partial charge < -0.3 is 10.1 Å². The first-order chi connectivity index (χ1) is 13.2. The quantitative estimate of drug-likeness (QED) is 0.152. The van der Waals surface area contributed by atoms with Gasteiger partial charge in [-0.15, -0.1) is 0 Å². The van der Waals surface area contributed by atoms with Crippen LogP contribution >= 0.6 is 0 Å². The third-order valence-electron chi connectivity index (χ3n) is 4.85. The zero-order valence-corrected chi connectivity index (χ0v) is 16.8. The number of H-pyrrole nitrogens is 1. The van der Waals surface area contributed by atoms with Gasteiger partial charge in [0.05, 0.1) is 0 Å². The fourth-order valence-electron chi connectivity index (χ4n) is 3.17. The van der Waals surface area contributed by atoms with Crippen LogP contribution in [-0.4, -0.2) is 26.8 Å². The van der Waals surface area contributed by atoms with Gasteiger partial charge in [0, 0.05) is 12.4 Å². The summed E-state index contributed by atoms with van der Waals surface area (Å²) in [4.78, 5) is 30.0. The second-order valence-electron chi connectivity index (χ2n) is 7.21. The average molecular weight is 377 g/mol. The zero-order valence-electron chi connectivity index (χ0n) is 16.8. The van der Waals surface area contributed by atoms with E-state index in [1.807, 2.05) is 0 Å². The minimum atomic E-state index is -1.06. The summed E-state index contributed by atoms with van der Waals surface area (Å²) in [5.41, 5.74) is 0. The third-order valence-corrected chi connectivity index (χ3v) is 4.85. The lowest BCUT2D eigenvalue weighted by Crippen LogP contribution is -2.24. The maximum atomic E-state index is 12.1. The minimum absolute atomic E-state index is 0.137. The highest BCUT2D eigenvalue weighted by Gasteiger charge is 2.28. The molecule has 1 aromatic rings. The minimum Gasteiger partial charge on any atom is -0.481 e. The predicted octanol–water partition coefficient (Wildman–Crippen LogP) is 5.94. The largest absolute Gasteiger partial charge is 0.481 e. The van der Waals surface area contributed by atoms with Crippen LogP contribution in [0, 0.1) is 5.92 Å². The van der Waals surface area contributed by atoms with E-state index in [4.69, 9.17) is 0 Å². The Morgan fingerprint density at radius 3 is 2.15 bits per heavy atom. The molecule has 5 nitrogen and oxygen atoms in total. The first kappa shape index (κ1) is 23.1. The lowest BCUT2D eigenvalue weighted by molar-refractivity contribution is -0.140. The normalized spacial score (nSPS) is 12.5. The Morgan fingerprint density at radius 1 is 1.00 bits per heavy atom. The second kappa shape index (κ2) is 15.2. The molecule has 0 spiro atoms. The second-order valence-corrected chi connectivity index (χ2v) is 7.21. The van der Waals surface area contributed by atoms with Gasteiger partial charge in [-0.3, -0.25) is 9.59 Å². The molecule has 0 saturated carbocycles. The molecule has 0 fully saturated rings. The monoisotopic (exact) mass is 376 g/mol. The van der Waals surface area contributed by atoms with Crippen LogP contribution < -0.4 is 0 Å². The molecule has 2 N–H and O–H groups in total. The van der Waals surface area contributed by atoms with Gasteiger partial charge in [0.25, 0.3) is 0 Å². The van der Waals surface area contributed by atoms with Crippen LogP contribution in [0.2, 0.25) is 0 Å². The highest BCUT2D eigenvalue weighted by molar-refractivity contribution is 6.06. The van der Waals surface area contributed by atoms with Crippen LogP contribution in [0.15, 0.2) is 24.5 Å². The fraction of sp³-hybridized carbons (Fsp3) is 0.682. The molecule has 1 heterocycles. The summed E-state index contributed by atoms with van der Waals surface area (Å²) in [7, 11) is 0. The molecule has 5 heteroatoms. The Balaban J connectivity index is 2.03. The SMILES string of the molecule is CCCCCCCC/C=C\CCCCCCC(C(=O)O)C(=O)c1ncc[nH]1. The number of nitrogens with zero attached hydrogens (tertiary/aromatic N) is 1. The number of imidazole rings is 1. The van der Waals surface area contributed by atoms with Crippen molar-refractivity contribution in [1.29, 1.82) is 0 Å². The smallest absolute Gasteiger partial charge is 0.314 e. The molecule has 0 aliphatic heterocycles. The van der Waals surface area contributed by atoms with Crippen molar-refractivity contribution in [3.63, 3.8) is 0 Å². The Kier molecular flexibility index (Phi) is 13.0. The molecule has 1 atom stereocenters. The lowest BCUT2D eigenvalue weighted by atomic mass is 9.96. The number of aromatic amines is 1. The van der Waals surface area contributed by atoms with Crippen molar-refractivity contribution in [2.24, 2.45) is 5.92 Å². The van der Waals surface area contributed by atoms with Crippen LogP contribution in [0.1, 0.15) is 101 Å². The first-order valence-corrected chi connectivity index (χ1v) is 10.6. The number of carbonyl (C=O) groups is 2. The van der Waals surface area contributed by atoms with E-state index in [1.165, 1.54) is 57.3 Å². The number of aromatic nitrogens is 2. The number of ketones is 1. The van der Waals surface area contributed by atoms with E-state index in [0.29, 0.717) is 6.42 Å². The number of hydrogen-bond acceptors (Lipinski definition) is 3. The van der Waals surface area contributed by atoms with Gasteiger partial charge in [0.1, 0.15) is 5.92 Å².